The van der Waals surface area contributed by atoms with E-state index in [-0.39, 0.29) is 6.61 Å². The molecule has 1 amide bonds. The Morgan fingerprint density at radius 1 is 0.900 bits per heavy atom. The second kappa shape index (κ2) is 10.1. The predicted molar refractivity (Wildman–Crippen MR) is 106 cm³/mol. The van der Waals surface area contributed by atoms with E-state index in [4.69, 9.17) is 14.2 Å². The Bertz CT molecular complexity index is 733. The van der Waals surface area contributed by atoms with Gasteiger partial charge in [-0.05, 0) is 47.1 Å². The second-order valence-corrected chi connectivity index (χ2v) is 8.57. The number of nitrogens with one attached hydrogen (secondary N) is 1. The van der Waals surface area contributed by atoms with Gasteiger partial charge in [-0.3, -0.25) is 9.59 Å². The summed E-state index contributed by atoms with van der Waals surface area (Å²) < 4.78 is 15.4. The van der Waals surface area contributed by atoms with E-state index in [0.717, 1.165) is 0 Å². The summed E-state index contributed by atoms with van der Waals surface area (Å²) in [5, 5.41) is 11.6. The number of carboxylic acids is 1. The van der Waals surface area contributed by atoms with E-state index in [2.05, 4.69) is 5.32 Å². The van der Waals surface area contributed by atoms with Gasteiger partial charge in [-0.1, -0.05) is 30.3 Å². The molecule has 0 radical (unpaired) electrons. The zero-order valence-corrected chi connectivity index (χ0v) is 18.1. The van der Waals surface area contributed by atoms with Crippen molar-refractivity contribution in [1.82, 2.24) is 5.32 Å². The maximum absolute atomic E-state index is 12.6. The van der Waals surface area contributed by atoms with Gasteiger partial charge in [0.15, 0.2) is 12.0 Å². The Labute approximate surface area is 175 Å². The lowest BCUT2D eigenvalue weighted by Crippen LogP contribution is -2.54. The molecule has 30 heavy (non-hydrogen) atoms. The second-order valence-electron chi connectivity index (χ2n) is 8.57. The molecule has 0 bridgehead atoms. The number of rotatable bonds is 7. The molecule has 0 aliphatic heterocycles. The topological polar surface area (TPSA) is 128 Å². The summed E-state index contributed by atoms with van der Waals surface area (Å²) in [5.41, 5.74) is -1.31. The summed E-state index contributed by atoms with van der Waals surface area (Å²) >= 11 is 0. The highest BCUT2D eigenvalue weighted by atomic mass is 16.6. The third-order valence-corrected chi connectivity index (χ3v) is 3.41. The van der Waals surface area contributed by atoms with Crippen LogP contribution in [0, 0.1) is 5.92 Å². The highest BCUT2D eigenvalue weighted by molar-refractivity contribution is 6.01. The first kappa shape index (κ1) is 24.9. The van der Waals surface area contributed by atoms with Crippen LogP contribution < -0.4 is 5.32 Å². The first-order valence-corrected chi connectivity index (χ1v) is 9.35. The molecule has 0 spiro atoms. The predicted octanol–water partition coefficient (Wildman–Crippen LogP) is 2.67. The maximum atomic E-state index is 12.6. The van der Waals surface area contributed by atoms with Gasteiger partial charge in [0, 0.05) is 0 Å². The molecule has 1 aromatic carbocycles. The van der Waals surface area contributed by atoms with E-state index >= 15 is 0 Å². The Balaban J connectivity index is 3.04. The highest BCUT2D eigenvalue weighted by Crippen LogP contribution is 2.19. The van der Waals surface area contributed by atoms with Crippen LogP contribution in [0.25, 0.3) is 0 Å². The number of aliphatic carboxylic acids is 1. The van der Waals surface area contributed by atoms with Crippen molar-refractivity contribution in [2.24, 2.45) is 5.92 Å². The molecule has 0 heterocycles. The van der Waals surface area contributed by atoms with Gasteiger partial charge in [-0.25, -0.2) is 9.59 Å². The standard InChI is InChI=1S/C21H29NO8/c1-20(2,3)29-17(25)14(18(26)30-21(4,5)6)15(16(23)24)22-19(27)28-12-13-10-8-7-9-11-13/h7-11,14-15H,12H2,1-6H3,(H,22,27)(H,23,24). The third-order valence-electron chi connectivity index (χ3n) is 3.41. The molecular formula is C21H29NO8. The van der Waals surface area contributed by atoms with Crippen molar-refractivity contribution in [3.05, 3.63) is 35.9 Å². The summed E-state index contributed by atoms with van der Waals surface area (Å²) in [5.74, 6) is -5.81. The molecular weight excluding hydrogens is 394 g/mol. The fourth-order valence-corrected chi connectivity index (χ4v) is 2.28. The number of carboxylic acid groups (broad SMARTS) is 1. The van der Waals surface area contributed by atoms with Gasteiger partial charge in [-0.15, -0.1) is 0 Å². The van der Waals surface area contributed by atoms with Crippen LogP contribution in [0.15, 0.2) is 30.3 Å². The molecule has 0 saturated carbocycles. The van der Waals surface area contributed by atoms with E-state index < -0.39 is 47.2 Å². The number of alkyl carbamates (subject to hydrolysis) is 1. The zero-order chi connectivity index (χ0) is 23.1. The summed E-state index contributed by atoms with van der Waals surface area (Å²) in [4.78, 5) is 49.2. The van der Waals surface area contributed by atoms with Gasteiger partial charge in [-0.2, -0.15) is 0 Å². The third kappa shape index (κ3) is 8.93. The van der Waals surface area contributed by atoms with Crippen LogP contribution in [0.3, 0.4) is 0 Å². The quantitative estimate of drug-likeness (QED) is 0.389. The average Bonchev–Trinajstić information content (AvgIpc) is 2.57. The fourth-order valence-electron chi connectivity index (χ4n) is 2.28. The fraction of sp³-hybridized carbons (Fsp3) is 0.524. The average molecular weight is 423 g/mol. The summed E-state index contributed by atoms with van der Waals surface area (Å²) in [6, 6.07) is 6.77. The monoisotopic (exact) mass is 423 g/mol. The lowest BCUT2D eigenvalue weighted by atomic mass is 9.99. The smallest absolute Gasteiger partial charge is 0.408 e. The minimum absolute atomic E-state index is 0.122. The van der Waals surface area contributed by atoms with Crippen LogP contribution >= 0.6 is 0 Å². The summed E-state index contributed by atoms with van der Waals surface area (Å²) in [7, 11) is 0. The van der Waals surface area contributed by atoms with Crippen LogP contribution in [0.4, 0.5) is 4.79 Å². The van der Waals surface area contributed by atoms with Crippen LogP contribution in [0.2, 0.25) is 0 Å². The SMILES string of the molecule is CC(C)(C)OC(=O)C(C(=O)OC(C)(C)C)C(NC(=O)OCc1ccccc1)C(=O)O. The van der Waals surface area contributed by atoms with Gasteiger partial charge in [0.05, 0.1) is 0 Å². The van der Waals surface area contributed by atoms with Crippen molar-refractivity contribution in [2.45, 2.75) is 65.4 Å². The number of hydrogen-bond acceptors (Lipinski definition) is 7. The molecule has 2 N–H and O–H groups in total. The van der Waals surface area contributed by atoms with Crippen molar-refractivity contribution in [3.8, 4) is 0 Å². The molecule has 9 nitrogen and oxygen atoms in total. The number of carbonyl (C=O) groups excluding carboxylic acids is 3. The van der Waals surface area contributed by atoms with E-state index in [9.17, 15) is 24.3 Å². The number of amides is 1. The summed E-state index contributed by atoms with van der Waals surface area (Å²) in [6.07, 6.45) is -1.11. The van der Waals surface area contributed by atoms with E-state index in [1.807, 2.05) is 0 Å². The van der Waals surface area contributed by atoms with Gasteiger partial charge in [0.25, 0.3) is 0 Å². The molecule has 166 valence electrons. The molecule has 0 aliphatic rings. The molecule has 0 fully saturated rings. The number of ether oxygens (including phenoxy) is 3. The number of esters is 2. The first-order chi connectivity index (χ1) is 13.7. The normalized spacial score (nSPS) is 12.6. The lowest BCUT2D eigenvalue weighted by Gasteiger charge is -2.29. The molecule has 1 atom stereocenters. The van der Waals surface area contributed by atoms with Crippen LogP contribution in [0.5, 0.6) is 0 Å². The van der Waals surface area contributed by atoms with Gasteiger partial charge in [0.1, 0.15) is 17.8 Å². The Morgan fingerprint density at radius 2 is 1.37 bits per heavy atom. The lowest BCUT2D eigenvalue weighted by molar-refractivity contribution is -0.178. The first-order valence-electron chi connectivity index (χ1n) is 9.35. The van der Waals surface area contributed by atoms with Crippen LogP contribution in [-0.4, -0.2) is 46.4 Å². The van der Waals surface area contributed by atoms with Crippen molar-refractivity contribution < 1.29 is 38.5 Å². The Kier molecular flexibility index (Phi) is 8.38. The minimum atomic E-state index is -1.95. The van der Waals surface area contributed by atoms with Crippen molar-refractivity contribution in [1.29, 1.82) is 0 Å². The van der Waals surface area contributed by atoms with Crippen molar-refractivity contribution in [3.63, 3.8) is 0 Å². The minimum Gasteiger partial charge on any atom is -0.480 e. The maximum Gasteiger partial charge on any atom is 0.408 e. The molecule has 0 aliphatic carbocycles. The van der Waals surface area contributed by atoms with Gasteiger partial charge >= 0.3 is 24.0 Å². The van der Waals surface area contributed by atoms with Crippen molar-refractivity contribution >= 4 is 24.0 Å². The molecule has 1 aromatic rings. The van der Waals surface area contributed by atoms with Crippen LogP contribution in [0.1, 0.15) is 47.1 Å². The van der Waals surface area contributed by atoms with Gasteiger partial charge in [0.2, 0.25) is 0 Å². The largest absolute Gasteiger partial charge is 0.480 e. The molecule has 1 rings (SSSR count). The Morgan fingerprint density at radius 3 is 1.77 bits per heavy atom. The molecule has 0 saturated heterocycles. The van der Waals surface area contributed by atoms with E-state index in [1.165, 1.54) is 0 Å². The highest BCUT2D eigenvalue weighted by Gasteiger charge is 2.45. The molecule has 9 heteroatoms. The molecule has 0 aromatic heterocycles. The zero-order valence-electron chi connectivity index (χ0n) is 18.1. The molecule has 1 unspecified atom stereocenters. The van der Waals surface area contributed by atoms with E-state index in [0.29, 0.717) is 5.56 Å². The van der Waals surface area contributed by atoms with Crippen molar-refractivity contribution in [2.75, 3.05) is 0 Å². The number of benzene rings is 1. The number of carbonyl (C=O) groups is 4. The van der Waals surface area contributed by atoms with Gasteiger partial charge < -0.3 is 24.6 Å². The number of hydrogen-bond donors (Lipinski definition) is 2. The Hall–Kier alpha value is -3.10. The summed E-state index contributed by atoms with van der Waals surface area (Å²) in [6.45, 7) is 9.26. The van der Waals surface area contributed by atoms with Crippen LogP contribution in [-0.2, 0) is 35.2 Å². The van der Waals surface area contributed by atoms with E-state index in [1.54, 1.807) is 71.9 Å².